The first-order chi connectivity index (χ1) is 11.4. The number of hydrogen-bond donors (Lipinski definition) is 1. The SMILES string of the molecule is CCCN(C(=O)CCc1ccc(C(C)(C)C)cc1)C1CCNCC1. The van der Waals surface area contributed by atoms with Crippen molar-refractivity contribution in [2.75, 3.05) is 19.6 Å². The average molecular weight is 331 g/mol. The number of benzene rings is 1. The topological polar surface area (TPSA) is 32.3 Å². The molecule has 1 saturated heterocycles. The summed E-state index contributed by atoms with van der Waals surface area (Å²) in [6.07, 6.45) is 4.68. The Morgan fingerprint density at radius 1 is 1.17 bits per heavy atom. The van der Waals surface area contributed by atoms with Gasteiger partial charge in [-0.25, -0.2) is 0 Å². The Balaban J connectivity index is 1.92. The van der Waals surface area contributed by atoms with E-state index < -0.39 is 0 Å². The summed E-state index contributed by atoms with van der Waals surface area (Å²) in [4.78, 5) is 14.9. The second kappa shape index (κ2) is 8.66. The van der Waals surface area contributed by atoms with E-state index in [1.807, 2.05) is 0 Å². The van der Waals surface area contributed by atoms with Gasteiger partial charge in [0.2, 0.25) is 5.91 Å². The van der Waals surface area contributed by atoms with Gasteiger partial charge in [-0.3, -0.25) is 4.79 Å². The lowest BCUT2D eigenvalue weighted by molar-refractivity contribution is -0.134. The van der Waals surface area contributed by atoms with Crippen LogP contribution in [0.15, 0.2) is 24.3 Å². The molecule has 0 unspecified atom stereocenters. The molecule has 0 atom stereocenters. The largest absolute Gasteiger partial charge is 0.340 e. The van der Waals surface area contributed by atoms with Crippen LogP contribution in [-0.2, 0) is 16.6 Å². The molecule has 3 nitrogen and oxygen atoms in total. The van der Waals surface area contributed by atoms with Crippen LogP contribution < -0.4 is 5.32 Å². The molecule has 1 N–H and O–H groups in total. The van der Waals surface area contributed by atoms with E-state index in [1.54, 1.807) is 0 Å². The predicted octanol–water partition coefficient (Wildman–Crippen LogP) is 3.91. The van der Waals surface area contributed by atoms with Crippen LogP contribution in [0.4, 0.5) is 0 Å². The number of hydrogen-bond acceptors (Lipinski definition) is 2. The first kappa shape index (κ1) is 19.0. The summed E-state index contributed by atoms with van der Waals surface area (Å²) in [5, 5.41) is 3.39. The summed E-state index contributed by atoms with van der Waals surface area (Å²) < 4.78 is 0. The number of aryl methyl sites for hydroxylation is 1. The van der Waals surface area contributed by atoms with Gasteiger partial charge in [-0.05, 0) is 55.3 Å². The molecule has 1 aliphatic rings. The highest BCUT2D eigenvalue weighted by atomic mass is 16.2. The smallest absolute Gasteiger partial charge is 0.223 e. The second-order valence-electron chi connectivity index (χ2n) is 8.02. The minimum absolute atomic E-state index is 0.182. The Labute approximate surface area is 147 Å². The zero-order chi connectivity index (χ0) is 17.6. The van der Waals surface area contributed by atoms with Gasteiger partial charge in [0.05, 0.1) is 0 Å². The second-order valence-corrected chi connectivity index (χ2v) is 8.02. The van der Waals surface area contributed by atoms with Crippen molar-refractivity contribution in [1.29, 1.82) is 0 Å². The Morgan fingerprint density at radius 3 is 2.33 bits per heavy atom. The van der Waals surface area contributed by atoms with Gasteiger partial charge in [0.1, 0.15) is 0 Å². The number of nitrogens with one attached hydrogen (secondary N) is 1. The molecule has 2 rings (SSSR count). The van der Waals surface area contributed by atoms with E-state index in [-0.39, 0.29) is 5.41 Å². The van der Waals surface area contributed by atoms with Crippen LogP contribution in [-0.4, -0.2) is 36.5 Å². The molecule has 24 heavy (non-hydrogen) atoms. The van der Waals surface area contributed by atoms with Crippen molar-refractivity contribution in [3.8, 4) is 0 Å². The van der Waals surface area contributed by atoms with Crippen molar-refractivity contribution < 1.29 is 4.79 Å². The van der Waals surface area contributed by atoms with Crippen LogP contribution in [0, 0.1) is 0 Å². The number of carbonyl (C=O) groups excluding carboxylic acids is 1. The number of carbonyl (C=O) groups is 1. The van der Waals surface area contributed by atoms with Crippen molar-refractivity contribution in [2.24, 2.45) is 0 Å². The van der Waals surface area contributed by atoms with Gasteiger partial charge >= 0.3 is 0 Å². The van der Waals surface area contributed by atoms with Gasteiger partial charge in [0.15, 0.2) is 0 Å². The van der Waals surface area contributed by atoms with Crippen molar-refractivity contribution in [3.63, 3.8) is 0 Å². The highest BCUT2D eigenvalue weighted by Gasteiger charge is 2.24. The molecule has 0 saturated carbocycles. The molecule has 0 aromatic heterocycles. The standard InChI is InChI=1S/C21H34N2O/c1-5-16-23(19-12-14-22-15-13-19)20(24)11-8-17-6-9-18(10-7-17)21(2,3)4/h6-7,9-10,19,22H,5,8,11-16H2,1-4H3. The van der Waals surface area contributed by atoms with Crippen LogP contribution in [0.2, 0.25) is 0 Å². The molecule has 134 valence electrons. The molecule has 3 heteroatoms. The van der Waals surface area contributed by atoms with Gasteiger partial charge in [-0.1, -0.05) is 52.0 Å². The van der Waals surface area contributed by atoms with Crippen LogP contribution in [0.5, 0.6) is 0 Å². The van der Waals surface area contributed by atoms with Crippen molar-refractivity contribution in [1.82, 2.24) is 10.2 Å². The lowest BCUT2D eigenvalue weighted by Crippen LogP contribution is -2.46. The lowest BCUT2D eigenvalue weighted by Gasteiger charge is -2.34. The maximum Gasteiger partial charge on any atom is 0.223 e. The van der Waals surface area contributed by atoms with Gasteiger partial charge in [0, 0.05) is 19.0 Å². The van der Waals surface area contributed by atoms with E-state index in [0.29, 0.717) is 18.4 Å². The van der Waals surface area contributed by atoms with Crippen LogP contribution in [0.1, 0.15) is 64.5 Å². The van der Waals surface area contributed by atoms with E-state index >= 15 is 0 Å². The molecule has 0 bridgehead atoms. The number of amides is 1. The third-order valence-electron chi connectivity index (χ3n) is 4.98. The van der Waals surface area contributed by atoms with Crippen molar-refractivity contribution >= 4 is 5.91 Å². The average Bonchev–Trinajstić information content (AvgIpc) is 2.58. The zero-order valence-electron chi connectivity index (χ0n) is 15.9. The van der Waals surface area contributed by atoms with Gasteiger partial charge in [-0.2, -0.15) is 0 Å². The fourth-order valence-corrected chi connectivity index (χ4v) is 3.44. The number of rotatable bonds is 6. The molecular formula is C21H34N2O. The van der Waals surface area contributed by atoms with Crippen LogP contribution in [0.3, 0.4) is 0 Å². The minimum atomic E-state index is 0.182. The van der Waals surface area contributed by atoms with Gasteiger partial charge < -0.3 is 10.2 Å². The fraction of sp³-hybridized carbons (Fsp3) is 0.667. The first-order valence-electron chi connectivity index (χ1n) is 9.51. The summed E-state index contributed by atoms with van der Waals surface area (Å²) >= 11 is 0. The van der Waals surface area contributed by atoms with Crippen LogP contribution in [0.25, 0.3) is 0 Å². The van der Waals surface area contributed by atoms with E-state index in [4.69, 9.17) is 0 Å². The maximum absolute atomic E-state index is 12.7. The predicted molar refractivity (Wildman–Crippen MR) is 101 cm³/mol. The minimum Gasteiger partial charge on any atom is -0.340 e. The Morgan fingerprint density at radius 2 is 1.79 bits per heavy atom. The zero-order valence-corrected chi connectivity index (χ0v) is 15.9. The third-order valence-corrected chi connectivity index (χ3v) is 4.98. The monoisotopic (exact) mass is 330 g/mol. The molecule has 1 aromatic rings. The maximum atomic E-state index is 12.7. The van der Waals surface area contributed by atoms with E-state index in [2.05, 4.69) is 62.2 Å². The molecule has 0 spiro atoms. The third kappa shape index (κ3) is 5.34. The van der Waals surface area contributed by atoms with E-state index in [1.165, 1.54) is 11.1 Å². The molecule has 1 aromatic carbocycles. The summed E-state index contributed by atoms with van der Waals surface area (Å²) in [5.41, 5.74) is 2.79. The Bertz CT molecular complexity index is 510. The van der Waals surface area contributed by atoms with Crippen LogP contribution >= 0.6 is 0 Å². The van der Waals surface area contributed by atoms with Crippen molar-refractivity contribution in [2.45, 2.75) is 71.3 Å². The van der Waals surface area contributed by atoms with E-state index in [0.717, 1.165) is 45.3 Å². The quantitative estimate of drug-likeness (QED) is 0.858. The first-order valence-corrected chi connectivity index (χ1v) is 9.51. The summed E-state index contributed by atoms with van der Waals surface area (Å²) in [6, 6.07) is 9.21. The lowest BCUT2D eigenvalue weighted by atomic mass is 9.86. The fourth-order valence-electron chi connectivity index (χ4n) is 3.44. The molecule has 1 heterocycles. The molecule has 1 amide bonds. The Kier molecular flexibility index (Phi) is 6.85. The number of nitrogens with zero attached hydrogens (tertiary/aromatic N) is 1. The highest BCUT2D eigenvalue weighted by Crippen LogP contribution is 2.22. The van der Waals surface area contributed by atoms with Gasteiger partial charge in [0.25, 0.3) is 0 Å². The number of piperidine rings is 1. The molecule has 0 radical (unpaired) electrons. The summed E-state index contributed by atoms with van der Waals surface area (Å²) in [7, 11) is 0. The van der Waals surface area contributed by atoms with Crippen molar-refractivity contribution in [3.05, 3.63) is 35.4 Å². The summed E-state index contributed by atoms with van der Waals surface area (Å²) in [6.45, 7) is 11.8. The highest BCUT2D eigenvalue weighted by molar-refractivity contribution is 5.76. The molecule has 0 aliphatic carbocycles. The van der Waals surface area contributed by atoms with Gasteiger partial charge in [-0.15, -0.1) is 0 Å². The molecule has 1 aliphatic heterocycles. The normalized spacial score (nSPS) is 16.2. The molecule has 1 fully saturated rings. The van der Waals surface area contributed by atoms with E-state index in [9.17, 15) is 4.79 Å². The summed E-state index contributed by atoms with van der Waals surface area (Å²) in [5.74, 6) is 0.323. The Hall–Kier alpha value is -1.35. The molecular weight excluding hydrogens is 296 g/mol.